The molecule has 1 saturated heterocycles. The fourth-order valence-corrected chi connectivity index (χ4v) is 7.08. The Bertz CT molecular complexity index is 1320. The number of aliphatic hydroxyl groups is 3. The molecule has 5 atom stereocenters. The van der Waals surface area contributed by atoms with Gasteiger partial charge in [0.15, 0.2) is 11.4 Å². The Hall–Kier alpha value is -3.41. The van der Waals surface area contributed by atoms with Crippen LogP contribution in [0.15, 0.2) is 28.7 Å². The van der Waals surface area contributed by atoms with Crippen LogP contribution in [0.2, 0.25) is 0 Å². The number of hydrogen-bond acceptors (Lipinski definition) is 10. The van der Waals surface area contributed by atoms with Crippen LogP contribution in [0.25, 0.3) is 0 Å². The topological polar surface area (TPSA) is 177 Å². The molecule has 0 spiro atoms. The van der Waals surface area contributed by atoms with Gasteiger partial charge >= 0.3 is 0 Å². The zero-order valence-corrected chi connectivity index (χ0v) is 21.9. The number of aromatic hydroxyl groups is 1. The van der Waals surface area contributed by atoms with Crippen LogP contribution in [0, 0.1) is 11.8 Å². The quantitative estimate of drug-likeness (QED) is 0.305. The number of carbonyl (C=O) groups is 3. The largest absolute Gasteiger partial charge is 0.510 e. The zero-order chi connectivity index (χ0) is 27.8. The average molecular weight is 527 g/mol. The Balaban J connectivity index is 1.72. The molecule has 0 radical (unpaired) electrons. The maximum absolute atomic E-state index is 13.9. The second-order valence-corrected chi connectivity index (χ2v) is 11.2. The van der Waals surface area contributed by atoms with Gasteiger partial charge in [-0.15, -0.1) is 0 Å². The summed E-state index contributed by atoms with van der Waals surface area (Å²) < 4.78 is 0. The van der Waals surface area contributed by atoms with Crippen molar-refractivity contribution in [2.24, 2.45) is 17.6 Å². The van der Waals surface area contributed by atoms with Crippen LogP contribution in [-0.4, -0.2) is 89.2 Å². The lowest BCUT2D eigenvalue weighted by Crippen LogP contribution is -2.63. The van der Waals surface area contributed by atoms with Crippen LogP contribution >= 0.6 is 0 Å². The molecule has 0 saturated carbocycles. The number of nitrogens with two attached hydrogens (primary N) is 1. The maximum atomic E-state index is 13.9. The van der Waals surface area contributed by atoms with Crippen molar-refractivity contribution < 1.29 is 34.8 Å². The summed E-state index contributed by atoms with van der Waals surface area (Å²) in [6.07, 6.45) is 2.20. The van der Waals surface area contributed by atoms with Crippen molar-refractivity contribution in [1.29, 1.82) is 0 Å². The van der Waals surface area contributed by atoms with E-state index in [1.165, 1.54) is 4.90 Å². The highest BCUT2D eigenvalue weighted by Crippen LogP contribution is 2.54. The molecule has 1 aromatic rings. The zero-order valence-electron chi connectivity index (χ0n) is 21.9. The van der Waals surface area contributed by atoms with Gasteiger partial charge in [-0.25, -0.2) is 0 Å². The number of nitrogens with one attached hydrogen (secondary N) is 1. The van der Waals surface area contributed by atoms with Crippen LogP contribution in [-0.2, 0) is 16.0 Å². The number of anilines is 1. The Kier molecular flexibility index (Phi) is 6.08. The first-order chi connectivity index (χ1) is 17.8. The molecule has 4 aliphatic rings. The number of ketones is 2. The monoisotopic (exact) mass is 526 g/mol. The fourth-order valence-electron chi connectivity index (χ4n) is 7.08. The maximum Gasteiger partial charge on any atom is 0.255 e. The summed E-state index contributed by atoms with van der Waals surface area (Å²) in [7, 11) is 6.95. The highest BCUT2D eigenvalue weighted by atomic mass is 16.3. The van der Waals surface area contributed by atoms with Crippen molar-refractivity contribution in [3.8, 4) is 5.75 Å². The summed E-state index contributed by atoms with van der Waals surface area (Å²) in [5.41, 5.74) is 4.12. The molecule has 1 amide bonds. The van der Waals surface area contributed by atoms with Crippen LogP contribution in [0.4, 0.5) is 5.69 Å². The number of allylic oxidation sites excluding steroid dienone is 1. The molecule has 0 bridgehead atoms. The number of likely N-dealkylation sites (N-methyl/N-ethyl adjacent to an activating group) is 1. The second kappa shape index (κ2) is 8.82. The van der Waals surface area contributed by atoms with E-state index in [0.717, 1.165) is 30.6 Å². The normalized spacial score (nSPS) is 30.9. The van der Waals surface area contributed by atoms with Gasteiger partial charge < -0.3 is 36.4 Å². The SMILES string of the molecule is CN(C)c1c(C2CCCN2)cc(O)c2c1C[C@H]1C[C@H]3[C@H](N(C)C)C(O)=C(C(N)=O)C(=O)[C@@]3(O)C(O)=C1C2=O. The van der Waals surface area contributed by atoms with Crippen molar-refractivity contribution in [3.63, 3.8) is 0 Å². The standard InChI is InChI=1S/C27H34N4O7/c1-30(2)20-12(15-6-5-7-29-15)10-16(32)18-13(20)8-11-9-14-21(31(3)4)23(34)19(26(28)37)25(36)27(14,38)24(35)17(11)22(18)33/h10-11,14-15,21,29,32,34-35,38H,5-9H2,1-4H3,(H2,28,37)/t11-,14-,15?,21-,27-/m0/s1. The lowest BCUT2D eigenvalue weighted by molar-refractivity contribution is -0.148. The summed E-state index contributed by atoms with van der Waals surface area (Å²) in [6, 6.07) is 0.577. The van der Waals surface area contributed by atoms with Crippen molar-refractivity contribution in [1.82, 2.24) is 10.2 Å². The third kappa shape index (κ3) is 3.41. The van der Waals surface area contributed by atoms with Gasteiger partial charge in [0.2, 0.25) is 5.78 Å². The predicted octanol–water partition coefficient (Wildman–Crippen LogP) is 0.611. The molecule has 1 fully saturated rings. The number of Topliss-reactive ketones (excluding diaryl/α,β-unsaturated/α-hetero) is 2. The number of aliphatic hydroxyl groups excluding tert-OH is 2. The van der Waals surface area contributed by atoms with Gasteiger partial charge in [-0.05, 0) is 69.4 Å². The van der Waals surface area contributed by atoms with Crippen molar-refractivity contribution >= 4 is 23.2 Å². The molecular weight excluding hydrogens is 492 g/mol. The van der Waals surface area contributed by atoms with Gasteiger partial charge in [0, 0.05) is 37.3 Å². The molecule has 0 aromatic heterocycles. The molecular formula is C27H34N4O7. The molecule has 11 heteroatoms. The van der Waals surface area contributed by atoms with Gasteiger partial charge in [0.1, 0.15) is 22.8 Å². The van der Waals surface area contributed by atoms with E-state index in [4.69, 9.17) is 5.73 Å². The number of nitrogens with zero attached hydrogens (tertiary/aromatic N) is 2. The molecule has 11 nitrogen and oxygen atoms in total. The molecule has 204 valence electrons. The first-order valence-electron chi connectivity index (χ1n) is 12.8. The smallest absolute Gasteiger partial charge is 0.255 e. The van der Waals surface area contributed by atoms with Crippen LogP contribution < -0.4 is 16.0 Å². The Morgan fingerprint density at radius 1 is 1.16 bits per heavy atom. The summed E-state index contributed by atoms with van der Waals surface area (Å²) in [6.45, 7) is 0.849. The number of carbonyl (C=O) groups excluding carboxylic acids is 3. The number of primary amides is 1. The number of hydrogen-bond donors (Lipinski definition) is 6. The summed E-state index contributed by atoms with van der Waals surface area (Å²) in [4.78, 5) is 42.9. The molecule has 1 heterocycles. The minimum atomic E-state index is -2.64. The van der Waals surface area contributed by atoms with E-state index >= 15 is 0 Å². The Morgan fingerprint density at radius 3 is 2.39 bits per heavy atom. The Morgan fingerprint density at radius 2 is 1.84 bits per heavy atom. The lowest BCUT2D eigenvalue weighted by atomic mass is 9.58. The number of amides is 1. The van der Waals surface area contributed by atoms with Gasteiger partial charge in [-0.1, -0.05) is 0 Å². The molecule has 1 aromatic carbocycles. The van der Waals surface area contributed by atoms with Gasteiger partial charge in [0.25, 0.3) is 5.91 Å². The number of phenols is 1. The first-order valence-corrected chi connectivity index (χ1v) is 12.8. The molecule has 7 N–H and O–H groups in total. The van der Waals surface area contributed by atoms with Crippen molar-refractivity contribution in [2.45, 2.75) is 43.4 Å². The third-order valence-corrected chi connectivity index (χ3v) is 8.61. The van der Waals surface area contributed by atoms with E-state index in [1.807, 2.05) is 19.0 Å². The molecule has 3 aliphatic carbocycles. The van der Waals surface area contributed by atoms with Gasteiger partial charge in [-0.2, -0.15) is 0 Å². The number of phenolic OH excluding ortho intramolecular Hbond substituents is 1. The van der Waals surface area contributed by atoms with Crippen LogP contribution in [0.5, 0.6) is 5.75 Å². The van der Waals surface area contributed by atoms with E-state index < -0.39 is 58.0 Å². The molecule has 1 unspecified atom stereocenters. The predicted molar refractivity (Wildman–Crippen MR) is 138 cm³/mol. The second-order valence-electron chi connectivity index (χ2n) is 11.2. The highest BCUT2D eigenvalue weighted by molar-refractivity contribution is 6.24. The average Bonchev–Trinajstić information content (AvgIpc) is 3.35. The van der Waals surface area contributed by atoms with E-state index in [9.17, 15) is 34.8 Å². The number of fused-ring (bicyclic) bond motifs is 3. The molecule has 38 heavy (non-hydrogen) atoms. The van der Waals surface area contributed by atoms with Crippen molar-refractivity contribution in [2.75, 3.05) is 39.6 Å². The van der Waals surface area contributed by atoms with Crippen molar-refractivity contribution in [3.05, 3.63) is 45.4 Å². The van der Waals surface area contributed by atoms with Gasteiger partial charge in [0.05, 0.1) is 11.6 Å². The summed E-state index contributed by atoms with van der Waals surface area (Å²) >= 11 is 0. The summed E-state index contributed by atoms with van der Waals surface area (Å²) in [5.74, 6) is -6.49. The first kappa shape index (κ1) is 26.2. The molecule has 5 rings (SSSR count). The summed E-state index contributed by atoms with van der Waals surface area (Å²) in [5, 5.41) is 48.5. The van der Waals surface area contributed by atoms with E-state index in [1.54, 1.807) is 20.2 Å². The Labute approximate surface area is 220 Å². The van der Waals surface area contributed by atoms with E-state index in [-0.39, 0.29) is 35.8 Å². The number of rotatable bonds is 4. The van der Waals surface area contributed by atoms with Crippen LogP contribution in [0.1, 0.15) is 46.8 Å². The third-order valence-electron chi connectivity index (χ3n) is 8.61. The molecule has 1 aliphatic heterocycles. The van der Waals surface area contributed by atoms with E-state index in [0.29, 0.717) is 5.56 Å². The lowest BCUT2D eigenvalue weighted by Gasteiger charge is -2.50. The minimum Gasteiger partial charge on any atom is -0.510 e. The van der Waals surface area contributed by atoms with Gasteiger partial charge in [-0.3, -0.25) is 19.3 Å². The van der Waals surface area contributed by atoms with Crippen LogP contribution in [0.3, 0.4) is 0 Å². The van der Waals surface area contributed by atoms with E-state index in [2.05, 4.69) is 5.32 Å². The minimum absolute atomic E-state index is 0.0175. The fraction of sp³-hybridized carbons (Fsp3) is 0.519. The number of benzene rings is 1. The highest BCUT2D eigenvalue weighted by Gasteiger charge is 2.63.